The van der Waals surface area contributed by atoms with Crippen LogP contribution in [0.15, 0.2) is 53.7 Å². The van der Waals surface area contributed by atoms with Crippen molar-refractivity contribution in [1.29, 1.82) is 0 Å². The van der Waals surface area contributed by atoms with Gasteiger partial charge in [0.25, 0.3) is 5.91 Å². The van der Waals surface area contributed by atoms with E-state index in [1.165, 1.54) is 18.2 Å². The number of nitrogens with one attached hydrogen (secondary N) is 2. The Bertz CT molecular complexity index is 1130. The van der Waals surface area contributed by atoms with Gasteiger partial charge in [-0.15, -0.1) is 0 Å². The largest absolute Gasteiger partial charge is 0.352 e. The van der Waals surface area contributed by atoms with E-state index in [4.69, 9.17) is 11.6 Å². The molecule has 0 bridgehead atoms. The molecule has 0 spiro atoms. The first-order valence-electron chi connectivity index (χ1n) is 9.28. The van der Waals surface area contributed by atoms with Gasteiger partial charge < -0.3 is 9.88 Å². The number of benzene rings is 2. The molecule has 0 aliphatic rings. The van der Waals surface area contributed by atoms with Gasteiger partial charge in [-0.25, -0.2) is 18.1 Å². The number of hydrogen-bond acceptors (Lipinski definition) is 4. The summed E-state index contributed by atoms with van der Waals surface area (Å²) in [6, 6.07) is 11.7. The average molecular weight is 435 g/mol. The van der Waals surface area contributed by atoms with E-state index < -0.39 is 15.9 Å². The molecule has 1 heterocycles. The quantitative estimate of drug-likeness (QED) is 0.532. The Morgan fingerprint density at radius 1 is 1.21 bits per heavy atom. The number of carbonyl (C=O) groups is 1. The lowest BCUT2D eigenvalue weighted by Gasteiger charge is -2.12. The van der Waals surface area contributed by atoms with Gasteiger partial charge in [0.1, 0.15) is 0 Å². The van der Waals surface area contributed by atoms with E-state index >= 15 is 0 Å². The first-order chi connectivity index (χ1) is 13.8. The van der Waals surface area contributed by atoms with Crippen LogP contribution in [0.2, 0.25) is 5.02 Å². The topological polar surface area (TPSA) is 93.1 Å². The lowest BCUT2D eigenvalue weighted by atomic mass is 10.2. The summed E-state index contributed by atoms with van der Waals surface area (Å²) in [7, 11) is -3.71. The fourth-order valence-electron chi connectivity index (χ4n) is 2.96. The van der Waals surface area contributed by atoms with Gasteiger partial charge in [-0.3, -0.25) is 4.79 Å². The van der Waals surface area contributed by atoms with Crippen LogP contribution in [0.5, 0.6) is 0 Å². The summed E-state index contributed by atoms with van der Waals surface area (Å²) in [5.41, 5.74) is 2.10. The lowest BCUT2D eigenvalue weighted by molar-refractivity contribution is 0.0952. The maximum atomic E-state index is 12.5. The Hall–Kier alpha value is -2.42. The van der Waals surface area contributed by atoms with Crippen LogP contribution in [-0.2, 0) is 16.6 Å². The van der Waals surface area contributed by atoms with Crippen LogP contribution < -0.4 is 10.0 Å². The molecule has 29 heavy (non-hydrogen) atoms. The predicted octanol–water partition coefficient (Wildman–Crippen LogP) is 3.20. The molecule has 9 heteroatoms. The van der Waals surface area contributed by atoms with Crippen molar-refractivity contribution in [2.75, 3.05) is 6.54 Å². The first kappa shape index (κ1) is 21.3. The normalized spacial score (nSPS) is 11.9. The zero-order valence-electron chi connectivity index (χ0n) is 16.2. The summed E-state index contributed by atoms with van der Waals surface area (Å²) in [6.07, 6.45) is 2.47. The van der Waals surface area contributed by atoms with E-state index in [0.717, 1.165) is 11.0 Å². The highest BCUT2D eigenvalue weighted by Crippen LogP contribution is 2.21. The third-order valence-electron chi connectivity index (χ3n) is 4.27. The van der Waals surface area contributed by atoms with Gasteiger partial charge >= 0.3 is 0 Å². The molecule has 1 aromatic heterocycles. The molecule has 0 saturated heterocycles. The van der Waals surface area contributed by atoms with Gasteiger partial charge in [0.05, 0.1) is 32.8 Å². The number of nitrogens with zero attached hydrogens (tertiary/aromatic N) is 2. The van der Waals surface area contributed by atoms with Crippen molar-refractivity contribution in [3.63, 3.8) is 0 Å². The number of carbonyl (C=O) groups excluding carboxylic acids is 1. The number of sulfonamides is 1. The summed E-state index contributed by atoms with van der Waals surface area (Å²) in [4.78, 5) is 16.9. The first-order valence-corrected chi connectivity index (χ1v) is 11.1. The summed E-state index contributed by atoms with van der Waals surface area (Å²) < 4.78 is 29.2. The molecule has 7 nitrogen and oxygen atoms in total. The molecule has 3 rings (SSSR count). The highest BCUT2D eigenvalue weighted by Gasteiger charge is 2.19. The van der Waals surface area contributed by atoms with E-state index in [1.54, 1.807) is 20.2 Å². The number of para-hydroxylation sites is 2. The molecule has 3 aromatic rings. The maximum Gasteiger partial charge on any atom is 0.252 e. The predicted molar refractivity (Wildman–Crippen MR) is 114 cm³/mol. The van der Waals surface area contributed by atoms with Gasteiger partial charge in [0.15, 0.2) is 0 Å². The summed E-state index contributed by atoms with van der Waals surface area (Å²) in [6.45, 7) is 4.57. The standard InChI is InChI=1S/C20H23ClN4O3S/c1-14(2)24-29(27,28)15-8-9-17(21)16(12-15)20(26)22-10-5-11-25-13-23-18-6-3-4-7-19(18)25/h3-4,6-9,12-14,24H,5,10-11H2,1-2H3,(H,22,26). The van der Waals surface area contributed by atoms with Gasteiger partial charge in [-0.1, -0.05) is 23.7 Å². The van der Waals surface area contributed by atoms with E-state index in [0.29, 0.717) is 19.5 Å². The second-order valence-electron chi connectivity index (χ2n) is 6.95. The van der Waals surface area contributed by atoms with Crippen LogP contribution in [0.3, 0.4) is 0 Å². The van der Waals surface area contributed by atoms with Crippen molar-refractivity contribution in [2.24, 2.45) is 0 Å². The van der Waals surface area contributed by atoms with Crippen LogP contribution in [0.4, 0.5) is 0 Å². The number of aromatic nitrogens is 2. The van der Waals surface area contributed by atoms with E-state index in [2.05, 4.69) is 15.0 Å². The van der Waals surface area contributed by atoms with E-state index in [-0.39, 0.29) is 21.5 Å². The number of halogens is 1. The molecule has 2 aromatic carbocycles. The Kier molecular flexibility index (Phi) is 6.56. The molecule has 0 unspecified atom stereocenters. The van der Waals surface area contributed by atoms with Crippen molar-refractivity contribution in [3.05, 3.63) is 59.4 Å². The number of fused-ring (bicyclic) bond motifs is 1. The monoisotopic (exact) mass is 434 g/mol. The molecule has 154 valence electrons. The average Bonchev–Trinajstić information content (AvgIpc) is 3.07. The number of rotatable bonds is 8. The van der Waals surface area contributed by atoms with Crippen molar-refractivity contribution >= 4 is 38.6 Å². The molecule has 0 atom stereocenters. The molecule has 0 aliphatic carbocycles. The molecule has 0 radical (unpaired) electrons. The van der Waals surface area contributed by atoms with Crippen molar-refractivity contribution in [1.82, 2.24) is 19.6 Å². The SMILES string of the molecule is CC(C)NS(=O)(=O)c1ccc(Cl)c(C(=O)NCCCn2cnc3ccccc32)c1. The molecule has 0 saturated carbocycles. The molecular weight excluding hydrogens is 412 g/mol. The number of hydrogen-bond donors (Lipinski definition) is 2. The zero-order valence-corrected chi connectivity index (χ0v) is 17.8. The summed E-state index contributed by atoms with van der Waals surface area (Å²) in [5.74, 6) is -0.410. The fourth-order valence-corrected chi connectivity index (χ4v) is 4.44. The second-order valence-corrected chi connectivity index (χ2v) is 9.07. The van der Waals surface area contributed by atoms with E-state index in [9.17, 15) is 13.2 Å². The lowest BCUT2D eigenvalue weighted by Crippen LogP contribution is -2.31. The van der Waals surface area contributed by atoms with Gasteiger partial charge in [0, 0.05) is 19.1 Å². The third-order valence-corrected chi connectivity index (χ3v) is 6.26. The van der Waals surface area contributed by atoms with Crippen LogP contribution in [0.1, 0.15) is 30.6 Å². The zero-order chi connectivity index (χ0) is 21.0. The number of amides is 1. The van der Waals surface area contributed by atoms with Crippen LogP contribution >= 0.6 is 11.6 Å². The number of aryl methyl sites for hydroxylation is 1. The highest BCUT2D eigenvalue weighted by atomic mass is 35.5. The smallest absolute Gasteiger partial charge is 0.252 e. The van der Waals surface area contributed by atoms with E-state index in [1.807, 2.05) is 28.8 Å². The third kappa shape index (κ3) is 5.14. The minimum absolute atomic E-state index is 0.00522. The summed E-state index contributed by atoms with van der Waals surface area (Å²) >= 11 is 6.12. The van der Waals surface area contributed by atoms with Crippen molar-refractivity contribution < 1.29 is 13.2 Å². The Labute approximate surface area is 175 Å². The second kappa shape index (κ2) is 8.94. The highest BCUT2D eigenvalue weighted by molar-refractivity contribution is 7.89. The van der Waals surface area contributed by atoms with Gasteiger partial charge in [-0.2, -0.15) is 0 Å². The molecule has 0 aliphatic heterocycles. The molecule has 0 fully saturated rings. The number of imidazole rings is 1. The Balaban J connectivity index is 1.62. The van der Waals surface area contributed by atoms with Gasteiger partial charge in [-0.05, 0) is 50.6 Å². The maximum absolute atomic E-state index is 12.5. The Morgan fingerprint density at radius 2 is 1.97 bits per heavy atom. The summed E-state index contributed by atoms with van der Waals surface area (Å²) in [5, 5.41) is 3.00. The van der Waals surface area contributed by atoms with Gasteiger partial charge in [0.2, 0.25) is 10.0 Å². The van der Waals surface area contributed by atoms with Crippen LogP contribution in [0, 0.1) is 0 Å². The minimum atomic E-state index is -3.71. The van der Waals surface area contributed by atoms with Crippen LogP contribution in [0.25, 0.3) is 11.0 Å². The van der Waals surface area contributed by atoms with Crippen LogP contribution in [-0.4, -0.2) is 36.5 Å². The Morgan fingerprint density at radius 3 is 2.72 bits per heavy atom. The van der Waals surface area contributed by atoms with Crippen molar-refractivity contribution in [2.45, 2.75) is 37.8 Å². The minimum Gasteiger partial charge on any atom is -0.352 e. The molecule has 1 amide bonds. The molecular formula is C20H23ClN4O3S. The fraction of sp³-hybridized carbons (Fsp3) is 0.300. The molecule has 2 N–H and O–H groups in total. The van der Waals surface area contributed by atoms with Crippen molar-refractivity contribution in [3.8, 4) is 0 Å².